The smallest absolute Gasteiger partial charge is 0.187 e. The van der Waals surface area contributed by atoms with Gasteiger partial charge in [-0.3, -0.25) is 0 Å². The predicted molar refractivity (Wildman–Crippen MR) is 58.7 cm³/mol. The summed E-state index contributed by atoms with van der Waals surface area (Å²) in [5.41, 5.74) is 0.468. The second-order valence-electron chi connectivity index (χ2n) is 4.17. The number of benzene rings is 1. The molecule has 2 rings (SSSR count). The molecule has 3 nitrogen and oxygen atoms in total. The fraction of sp³-hybridized carbons (Fsp3) is 0.500. The molecular weight excluding hydrogens is 228 g/mol. The van der Waals surface area contributed by atoms with Crippen molar-refractivity contribution in [2.24, 2.45) is 0 Å². The molecule has 0 radical (unpaired) electrons. The minimum absolute atomic E-state index is 0.196. The SMILES string of the molecule is Oc1c(F)cc(CNCC2CCCO2)cc1F. The second kappa shape index (κ2) is 5.42. The summed E-state index contributed by atoms with van der Waals surface area (Å²) in [5, 5.41) is 12.0. The summed E-state index contributed by atoms with van der Waals surface area (Å²) < 4.78 is 31.5. The molecule has 1 unspecified atom stereocenters. The molecular formula is C12H15F2NO2. The largest absolute Gasteiger partial charge is 0.503 e. The maximum absolute atomic E-state index is 13.0. The van der Waals surface area contributed by atoms with E-state index in [-0.39, 0.29) is 6.10 Å². The van der Waals surface area contributed by atoms with Crippen molar-refractivity contribution >= 4 is 0 Å². The molecule has 17 heavy (non-hydrogen) atoms. The molecule has 0 aliphatic carbocycles. The molecule has 0 aromatic heterocycles. The maximum atomic E-state index is 13.0. The molecule has 0 saturated carbocycles. The number of aromatic hydroxyl groups is 1. The van der Waals surface area contributed by atoms with E-state index < -0.39 is 17.4 Å². The van der Waals surface area contributed by atoms with Gasteiger partial charge < -0.3 is 15.2 Å². The molecule has 94 valence electrons. The summed E-state index contributed by atoms with van der Waals surface area (Å²) in [6.07, 6.45) is 2.28. The monoisotopic (exact) mass is 243 g/mol. The average Bonchev–Trinajstić information content (AvgIpc) is 2.79. The molecule has 1 atom stereocenters. The molecule has 0 bridgehead atoms. The first-order valence-corrected chi connectivity index (χ1v) is 5.66. The Kier molecular flexibility index (Phi) is 3.91. The van der Waals surface area contributed by atoms with Crippen molar-refractivity contribution in [1.29, 1.82) is 0 Å². The van der Waals surface area contributed by atoms with Gasteiger partial charge in [0.05, 0.1) is 6.10 Å². The fourth-order valence-corrected chi connectivity index (χ4v) is 1.90. The Morgan fingerprint density at radius 3 is 2.65 bits per heavy atom. The summed E-state index contributed by atoms with van der Waals surface area (Å²) in [6, 6.07) is 2.25. The second-order valence-corrected chi connectivity index (χ2v) is 4.17. The molecule has 1 aromatic rings. The van der Waals surface area contributed by atoms with Crippen LogP contribution in [0.4, 0.5) is 8.78 Å². The third-order valence-electron chi connectivity index (χ3n) is 2.80. The molecule has 5 heteroatoms. The van der Waals surface area contributed by atoms with Crippen LogP contribution in [0.1, 0.15) is 18.4 Å². The third-order valence-corrected chi connectivity index (χ3v) is 2.80. The van der Waals surface area contributed by atoms with E-state index in [0.717, 1.165) is 31.6 Å². The third kappa shape index (κ3) is 3.14. The van der Waals surface area contributed by atoms with Crippen LogP contribution >= 0.6 is 0 Å². The van der Waals surface area contributed by atoms with E-state index in [1.807, 2.05) is 0 Å². The Labute approximate surface area is 98.4 Å². The minimum Gasteiger partial charge on any atom is -0.503 e. The normalized spacial score (nSPS) is 19.8. The molecule has 1 aliphatic rings. The van der Waals surface area contributed by atoms with Gasteiger partial charge in [0, 0.05) is 19.7 Å². The molecule has 1 fully saturated rings. The highest BCUT2D eigenvalue weighted by molar-refractivity contribution is 5.29. The van der Waals surface area contributed by atoms with Crippen LogP contribution in [0.2, 0.25) is 0 Å². The lowest BCUT2D eigenvalue weighted by molar-refractivity contribution is 0.110. The van der Waals surface area contributed by atoms with E-state index in [0.29, 0.717) is 18.7 Å². The van der Waals surface area contributed by atoms with Gasteiger partial charge in [0.25, 0.3) is 0 Å². The van der Waals surface area contributed by atoms with Crippen molar-refractivity contribution in [2.75, 3.05) is 13.2 Å². The Hall–Kier alpha value is -1.20. The first-order chi connectivity index (χ1) is 8.16. The van der Waals surface area contributed by atoms with E-state index in [2.05, 4.69) is 5.32 Å². The van der Waals surface area contributed by atoms with E-state index >= 15 is 0 Å². The van der Waals surface area contributed by atoms with Gasteiger partial charge in [0.15, 0.2) is 17.4 Å². The summed E-state index contributed by atoms with van der Waals surface area (Å²) in [7, 11) is 0. The topological polar surface area (TPSA) is 41.5 Å². The van der Waals surface area contributed by atoms with Crippen molar-refractivity contribution < 1.29 is 18.6 Å². The zero-order chi connectivity index (χ0) is 12.3. The van der Waals surface area contributed by atoms with E-state index in [9.17, 15) is 8.78 Å². The summed E-state index contributed by atoms with van der Waals surface area (Å²) in [4.78, 5) is 0. The average molecular weight is 243 g/mol. The van der Waals surface area contributed by atoms with Gasteiger partial charge in [-0.1, -0.05) is 0 Å². The van der Waals surface area contributed by atoms with Gasteiger partial charge in [-0.2, -0.15) is 0 Å². The molecule has 0 spiro atoms. The lowest BCUT2D eigenvalue weighted by Crippen LogP contribution is -2.25. The van der Waals surface area contributed by atoms with Crippen LogP contribution in [0.25, 0.3) is 0 Å². The molecule has 1 aliphatic heterocycles. The van der Waals surface area contributed by atoms with Crippen LogP contribution in [0, 0.1) is 11.6 Å². The number of rotatable bonds is 4. The minimum atomic E-state index is -0.932. The zero-order valence-corrected chi connectivity index (χ0v) is 9.38. The van der Waals surface area contributed by atoms with Gasteiger partial charge in [-0.05, 0) is 30.5 Å². The lowest BCUT2D eigenvalue weighted by atomic mass is 10.2. The fourth-order valence-electron chi connectivity index (χ4n) is 1.90. The number of phenolic OH excluding ortho intramolecular Hbond substituents is 1. The number of ether oxygens (including phenoxy) is 1. The molecule has 0 amide bonds. The number of hydrogen-bond donors (Lipinski definition) is 2. The van der Waals surface area contributed by atoms with Crippen molar-refractivity contribution in [1.82, 2.24) is 5.32 Å². The van der Waals surface area contributed by atoms with Gasteiger partial charge >= 0.3 is 0 Å². The van der Waals surface area contributed by atoms with Crippen molar-refractivity contribution in [3.63, 3.8) is 0 Å². The van der Waals surface area contributed by atoms with Gasteiger partial charge in [0.2, 0.25) is 0 Å². The summed E-state index contributed by atoms with van der Waals surface area (Å²) in [5.74, 6) is -2.79. The van der Waals surface area contributed by atoms with E-state index in [4.69, 9.17) is 9.84 Å². The first-order valence-electron chi connectivity index (χ1n) is 5.66. The van der Waals surface area contributed by atoms with Crippen LogP contribution in [0.5, 0.6) is 5.75 Å². The molecule has 1 heterocycles. The van der Waals surface area contributed by atoms with E-state index in [1.54, 1.807) is 0 Å². The van der Waals surface area contributed by atoms with Crippen LogP contribution in [0.15, 0.2) is 12.1 Å². The van der Waals surface area contributed by atoms with Gasteiger partial charge in [-0.15, -0.1) is 0 Å². The Bertz CT molecular complexity index is 369. The van der Waals surface area contributed by atoms with Crippen LogP contribution in [-0.2, 0) is 11.3 Å². The maximum Gasteiger partial charge on any atom is 0.187 e. The lowest BCUT2D eigenvalue weighted by Gasteiger charge is -2.11. The van der Waals surface area contributed by atoms with Crippen LogP contribution in [-0.4, -0.2) is 24.4 Å². The van der Waals surface area contributed by atoms with Gasteiger partial charge in [0.1, 0.15) is 0 Å². The van der Waals surface area contributed by atoms with Crippen molar-refractivity contribution in [3.05, 3.63) is 29.3 Å². The highest BCUT2D eigenvalue weighted by Crippen LogP contribution is 2.21. The quantitative estimate of drug-likeness (QED) is 0.849. The highest BCUT2D eigenvalue weighted by Gasteiger charge is 2.15. The Balaban J connectivity index is 1.86. The zero-order valence-electron chi connectivity index (χ0n) is 9.38. The van der Waals surface area contributed by atoms with Crippen molar-refractivity contribution in [2.45, 2.75) is 25.5 Å². The summed E-state index contributed by atoms with van der Waals surface area (Å²) >= 11 is 0. The molecule has 2 N–H and O–H groups in total. The number of phenols is 1. The Morgan fingerprint density at radius 1 is 1.35 bits per heavy atom. The number of hydrogen-bond acceptors (Lipinski definition) is 3. The molecule has 1 aromatic carbocycles. The van der Waals surface area contributed by atoms with Crippen LogP contribution < -0.4 is 5.32 Å². The van der Waals surface area contributed by atoms with Crippen molar-refractivity contribution in [3.8, 4) is 5.75 Å². The summed E-state index contributed by atoms with van der Waals surface area (Å²) in [6.45, 7) is 1.81. The van der Waals surface area contributed by atoms with E-state index in [1.165, 1.54) is 0 Å². The number of nitrogens with one attached hydrogen (secondary N) is 1. The number of halogens is 2. The Morgan fingerprint density at radius 2 is 2.06 bits per heavy atom. The highest BCUT2D eigenvalue weighted by atomic mass is 19.1. The van der Waals surface area contributed by atoms with Crippen LogP contribution in [0.3, 0.4) is 0 Å². The standard InChI is InChI=1S/C12H15F2NO2/c13-10-4-8(5-11(14)12(10)16)6-15-7-9-2-1-3-17-9/h4-5,9,15-16H,1-3,6-7H2. The van der Waals surface area contributed by atoms with Gasteiger partial charge in [-0.25, -0.2) is 8.78 Å². The molecule has 1 saturated heterocycles. The predicted octanol–water partition coefficient (Wildman–Crippen LogP) is 1.94. The first kappa shape index (κ1) is 12.3.